The molecule has 0 fully saturated rings. The monoisotopic (exact) mass is 202 g/mol. The number of benzene rings is 1. The summed E-state index contributed by atoms with van der Waals surface area (Å²) >= 11 is 0. The lowest BCUT2D eigenvalue weighted by Gasteiger charge is -2.08. The molecule has 15 heavy (non-hydrogen) atoms. The first kappa shape index (κ1) is 11.7. The van der Waals surface area contributed by atoms with E-state index >= 15 is 0 Å². The summed E-state index contributed by atoms with van der Waals surface area (Å²) in [5, 5.41) is 11.9. The van der Waals surface area contributed by atoms with Crippen LogP contribution in [0.25, 0.3) is 0 Å². The number of rotatable bonds is 6. The van der Waals surface area contributed by atoms with Crippen LogP contribution in [0.15, 0.2) is 30.3 Å². The quantitative estimate of drug-likeness (QED) is 0.720. The Hall–Kier alpha value is -1.33. The number of nitriles is 1. The van der Waals surface area contributed by atoms with Crippen molar-refractivity contribution in [2.75, 3.05) is 6.54 Å². The summed E-state index contributed by atoms with van der Waals surface area (Å²) in [6.07, 6.45) is 1.73. The summed E-state index contributed by atoms with van der Waals surface area (Å²) in [7, 11) is 0. The van der Waals surface area contributed by atoms with Gasteiger partial charge in [0.05, 0.1) is 6.07 Å². The lowest BCUT2D eigenvalue weighted by Crippen LogP contribution is -2.16. The Labute approximate surface area is 91.9 Å². The van der Waals surface area contributed by atoms with E-state index < -0.39 is 0 Å². The van der Waals surface area contributed by atoms with Gasteiger partial charge in [-0.05, 0) is 24.4 Å². The second kappa shape index (κ2) is 7.03. The van der Waals surface area contributed by atoms with E-state index in [1.165, 1.54) is 5.56 Å². The molecule has 0 aliphatic heterocycles. The van der Waals surface area contributed by atoms with Gasteiger partial charge < -0.3 is 5.32 Å². The van der Waals surface area contributed by atoms with Crippen LogP contribution < -0.4 is 5.32 Å². The van der Waals surface area contributed by atoms with Crippen LogP contribution >= 0.6 is 0 Å². The molecule has 1 rings (SSSR count). The fraction of sp³-hybridized carbons (Fsp3) is 0.462. The highest BCUT2D eigenvalue weighted by Gasteiger charge is 1.99. The maximum Gasteiger partial charge on any atom is 0.0624 e. The fourth-order valence-corrected chi connectivity index (χ4v) is 1.43. The van der Waals surface area contributed by atoms with E-state index in [0.29, 0.717) is 12.3 Å². The van der Waals surface area contributed by atoms with Crippen molar-refractivity contribution in [2.24, 2.45) is 5.92 Å². The molecule has 1 aromatic rings. The summed E-state index contributed by atoms with van der Waals surface area (Å²) in [4.78, 5) is 0. The minimum Gasteiger partial charge on any atom is -0.313 e. The molecular weight excluding hydrogens is 184 g/mol. The standard InChI is InChI=1S/C13H18N2/c1-12(7-9-14)8-10-15-11-13-5-3-2-4-6-13/h2-6,12,15H,7-8,10-11H2,1H3. The van der Waals surface area contributed by atoms with E-state index in [0.717, 1.165) is 19.5 Å². The molecule has 0 spiro atoms. The van der Waals surface area contributed by atoms with Crippen LogP contribution in [0.4, 0.5) is 0 Å². The number of hydrogen-bond donors (Lipinski definition) is 1. The van der Waals surface area contributed by atoms with E-state index in [9.17, 15) is 0 Å². The average molecular weight is 202 g/mol. The third-order valence-corrected chi connectivity index (χ3v) is 2.43. The lowest BCUT2D eigenvalue weighted by molar-refractivity contribution is 0.509. The largest absolute Gasteiger partial charge is 0.313 e. The summed E-state index contributed by atoms with van der Waals surface area (Å²) in [5.41, 5.74) is 1.31. The molecule has 0 aliphatic rings. The minimum atomic E-state index is 0.498. The Morgan fingerprint density at radius 3 is 2.73 bits per heavy atom. The van der Waals surface area contributed by atoms with E-state index in [1.54, 1.807) is 0 Å². The third kappa shape index (κ3) is 5.19. The molecule has 0 radical (unpaired) electrons. The second-order valence-corrected chi connectivity index (χ2v) is 3.92. The zero-order valence-electron chi connectivity index (χ0n) is 9.24. The molecule has 0 saturated carbocycles. The molecule has 0 aliphatic carbocycles. The first-order valence-corrected chi connectivity index (χ1v) is 5.44. The molecule has 0 heterocycles. The van der Waals surface area contributed by atoms with Crippen molar-refractivity contribution in [1.82, 2.24) is 5.32 Å². The Balaban J connectivity index is 2.10. The van der Waals surface area contributed by atoms with Gasteiger partial charge in [0.2, 0.25) is 0 Å². The summed E-state index contributed by atoms with van der Waals surface area (Å²) in [6.45, 7) is 4.02. The Morgan fingerprint density at radius 2 is 2.07 bits per heavy atom. The molecule has 2 nitrogen and oxygen atoms in total. The predicted molar refractivity (Wildman–Crippen MR) is 62.2 cm³/mol. The van der Waals surface area contributed by atoms with Crippen molar-refractivity contribution in [2.45, 2.75) is 26.3 Å². The number of nitrogens with zero attached hydrogens (tertiary/aromatic N) is 1. The highest BCUT2D eigenvalue weighted by atomic mass is 14.8. The van der Waals surface area contributed by atoms with E-state index in [4.69, 9.17) is 5.26 Å². The molecule has 2 heteroatoms. The van der Waals surface area contributed by atoms with Gasteiger partial charge in [-0.1, -0.05) is 37.3 Å². The van der Waals surface area contributed by atoms with Gasteiger partial charge in [-0.25, -0.2) is 0 Å². The molecule has 0 saturated heterocycles. The van der Waals surface area contributed by atoms with Crippen LogP contribution in [-0.4, -0.2) is 6.54 Å². The SMILES string of the molecule is CC(CC#N)CCNCc1ccccc1. The molecule has 1 N–H and O–H groups in total. The fourth-order valence-electron chi connectivity index (χ4n) is 1.43. The Morgan fingerprint density at radius 1 is 1.33 bits per heavy atom. The zero-order valence-corrected chi connectivity index (χ0v) is 9.24. The first-order chi connectivity index (χ1) is 7.33. The molecule has 1 aromatic carbocycles. The zero-order chi connectivity index (χ0) is 10.9. The molecule has 1 atom stereocenters. The second-order valence-electron chi connectivity index (χ2n) is 3.92. The van der Waals surface area contributed by atoms with Crippen LogP contribution in [0.3, 0.4) is 0 Å². The van der Waals surface area contributed by atoms with Crippen molar-refractivity contribution in [3.8, 4) is 6.07 Å². The van der Waals surface area contributed by atoms with Crippen molar-refractivity contribution >= 4 is 0 Å². The summed E-state index contributed by atoms with van der Waals surface area (Å²) in [6, 6.07) is 12.6. The van der Waals surface area contributed by atoms with Crippen LogP contribution in [0, 0.1) is 17.2 Å². The molecule has 1 unspecified atom stereocenters. The van der Waals surface area contributed by atoms with Crippen molar-refractivity contribution in [1.29, 1.82) is 5.26 Å². The van der Waals surface area contributed by atoms with Gasteiger partial charge in [0.15, 0.2) is 0 Å². The minimum absolute atomic E-state index is 0.498. The van der Waals surface area contributed by atoms with Gasteiger partial charge >= 0.3 is 0 Å². The van der Waals surface area contributed by atoms with Gasteiger partial charge in [0.25, 0.3) is 0 Å². The Kier molecular flexibility index (Phi) is 5.50. The van der Waals surface area contributed by atoms with Gasteiger partial charge in [0.1, 0.15) is 0 Å². The lowest BCUT2D eigenvalue weighted by atomic mass is 10.1. The van der Waals surface area contributed by atoms with Crippen molar-refractivity contribution < 1.29 is 0 Å². The van der Waals surface area contributed by atoms with Crippen LogP contribution in [0.5, 0.6) is 0 Å². The van der Waals surface area contributed by atoms with Crippen LogP contribution in [0.2, 0.25) is 0 Å². The number of nitrogens with one attached hydrogen (secondary N) is 1. The number of hydrogen-bond acceptors (Lipinski definition) is 2. The predicted octanol–water partition coefficient (Wildman–Crippen LogP) is 2.72. The van der Waals surface area contributed by atoms with Gasteiger partial charge in [-0.2, -0.15) is 5.26 Å². The highest BCUT2D eigenvalue weighted by molar-refractivity contribution is 5.14. The normalized spacial score (nSPS) is 12.0. The smallest absolute Gasteiger partial charge is 0.0624 e. The molecule has 0 bridgehead atoms. The molecular formula is C13H18N2. The van der Waals surface area contributed by atoms with Crippen LogP contribution in [-0.2, 0) is 6.54 Å². The first-order valence-electron chi connectivity index (χ1n) is 5.44. The molecule has 80 valence electrons. The highest BCUT2D eigenvalue weighted by Crippen LogP contribution is 2.05. The third-order valence-electron chi connectivity index (χ3n) is 2.43. The summed E-state index contributed by atoms with van der Waals surface area (Å²) in [5.74, 6) is 0.498. The van der Waals surface area contributed by atoms with Crippen molar-refractivity contribution in [3.05, 3.63) is 35.9 Å². The maximum absolute atomic E-state index is 8.50. The van der Waals surface area contributed by atoms with E-state index in [-0.39, 0.29) is 0 Å². The Bertz CT molecular complexity index is 300. The van der Waals surface area contributed by atoms with E-state index in [1.807, 2.05) is 6.07 Å². The molecule has 0 amide bonds. The van der Waals surface area contributed by atoms with Gasteiger partial charge in [-0.15, -0.1) is 0 Å². The van der Waals surface area contributed by atoms with Crippen molar-refractivity contribution in [3.63, 3.8) is 0 Å². The van der Waals surface area contributed by atoms with Gasteiger partial charge in [-0.3, -0.25) is 0 Å². The van der Waals surface area contributed by atoms with Crippen LogP contribution in [0.1, 0.15) is 25.3 Å². The van der Waals surface area contributed by atoms with Gasteiger partial charge in [0, 0.05) is 13.0 Å². The maximum atomic E-state index is 8.50. The molecule has 0 aromatic heterocycles. The van der Waals surface area contributed by atoms with E-state index in [2.05, 4.69) is 42.6 Å². The average Bonchev–Trinajstić information content (AvgIpc) is 2.26. The topological polar surface area (TPSA) is 35.8 Å². The summed E-state index contributed by atoms with van der Waals surface area (Å²) < 4.78 is 0.